The van der Waals surface area contributed by atoms with E-state index in [2.05, 4.69) is 24.1 Å². The standard InChI is InChI=1S/C20H26N2O/c1-15(2)22-12-10-16(11-13-22)14-21-20(23)19-9-5-7-17-6-3-4-8-18(17)19/h3-9,15-16H,10-14H2,1-2H3,(H,21,23). The van der Waals surface area contributed by atoms with E-state index in [1.807, 2.05) is 42.5 Å². The average Bonchev–Trinajstić information content (AvgIpc) is 2.59. The summed E-state index contributed by atoms with van der Waals surface area (Å²) in [5.74, 6) is 0.650. The van der Waals surface area contributed by atoms with Crippen LogP contribution in [0, 0.1) is 5.92 Å². The van der Waals surface area contributed by atoms with Crippen molar-refractivity contribution in [3.63, 3.8) is 0 Å². The highest BCUT2D eigenvalue weighted by molar-refractivity contribution is 6.06. The number of fused-ring (bicyclic) bond motifs is 1. The topological polar surface area (TPSA) is 32.3 Å². The molecule has 3 rings (SSSR count). The second-order valence-corrected chi connectivity index (χ2v) is 6.81. The van der Waals surface area contributed by atoms with Crippen molar-refractivity contribution in [2.75, 3.05) is 19.6 Å². The third-order valence-electron chi connectivity index (χ3n) is 4.96. The van der Waals surface area contributed by atoms with Crippen LogP contribution in [0.1, 0.15) is 37.0 Å². The number of nitrogens with one attached hydrogen (secondary N) is 1. The van der Waals surface area contributed by atoms with E-state index in [0.29, 0.717) is 12.0 Å². The quantitative estimate of drug-likeness (QED) is 0.934. The fraction of sp³-hybridized carbons (Fsp3) is 0.450. The molecule has 0 aromatic heterocycles. The number of benzene rings is 2. The number of piperidine rings is 1. The normalized spacial score (nSPS) is 16.8. The van der Waals surface area contributed by atoms with Gasteiger partial charge in [0.25, 0.3) is 5.91 Å². The lowest BCUT2D eigenvalue weighted by Crippen LogP contribution is -2.41. The highest BCUT2D eigenvalue weighted by atomic mass is 16.1. The van der Waals surface area contributed by atoms with E-state index in [1.165, 1.54) is 12.8 Å². The van der Waals surface area contributed by atoms with E-state index < -0.39 is 0 Å². The number of carbonyl (C=O) groups excluding carboxylic acids is 1. The van der Waals surface area contributed by atoms with Crippen LogP contribution < -0.4 is 5.32 Å². The number of carbonyl (C=O) groups is 1. The van der Waals surface area contributed by atoms with E-state index in [4.69, 9.17) is 0 Å². The van der Waals surface area contributed by atoms with E-state index >= 15 is 0 Å². The Balaban J connectivity index is 1.59. The van der Waals surface area contributed by atoms with Crippen molar-refractivity contribution in [3.8, 4) is 0 Å². The van der Waals surface area contributed by atoms with Crippen molar-refractivity contribution in [1.29, 1.82) is 0 Å². The fourth-order valence-electron chi connectivity index (χ4n) is 3.43. The molecule has 0 radical (unpaired) electrons. The minimum absolute atomic E-state index is 0.0492. The summed E-state index contributed by atoms with van der Waals surface area (Å²) >= 11 is 0. The first-order valence-corrected chi connectivity index (χ1v) is 8.65. The smallest absolute Gasteiger partial charge is 0.251 e. The molecule has 1 N–H and O–H groups in total. The Hall–Kier alpha value is -1.87. The van der Waals surface area contributed by atoms with Gasteiger partial charge in [-0.25, -0.2) is 0 Å². The first-order chi connectivity index (χ1) is 11.1. The van der Waals surface area contributed by atoms with Gasteiger partial charge < -0.3 is 10.2 Å². The van der Waals surface area contributed by atoms with E-state index in [-0.39, 0.29) is 5.91 Å². The molecule has 1 heterocycles. The Bertz CT molecular complexity index is 667. The van der Waals surface area contributed by atoms with Crippen molar-refractivity contribution in [1.82, 2.24) is 10.2 Å². The van der Waals surface area contributed by atoms with Crippen LogP contribution in [0.25, 0.3) is 10.8 Å². The molecule has 1 aliphatic rings. The van der Waals surface area contributed by atoms with Gasteiger partial charge in [-0.05, 0) is 62.5 Å². The largest absolute Gasteiger partial charge is 0.352 e. The van der Waals surface area contributed by atoms with Crippen molar-refractivity contribution in [3.05, 3.63) is 48.0 Å². The van der Waals surface area contributed by atoms with Gasteiger partial charge in [0.15, 0.2) is 0 Å². The van der Waals surface area contributed by atoms with Gasteiger partial charge in [-0.1, -0.05) is 36.4 Å². The summed E-state index contributed by atoms with van der Waals surface area (Å²) in [5.41, 5.74) is 0.780. The van der Waals surface area contributed by atoms with Gasteiger partial charge in [-0.15, -0.1) is 0 Å². The minimum atomic E-state index is 0.0492. The van der Waals surface area contributed by atoms with Gasteiger partial charge in [-0.2, -0.15) is 0 Å². The molecule has 0 bridgehead atoms. The van der Waals surface area contributed by atoms with Crippen LogP contribution in [0.4, 0.5) is 0 Å². The number of hydrogen-bond acceptors (Lipinski definition) is 2. The van der Waals surface area contributed by atoms with Crippen molar-refractivity contribution in [2.45, 2.75) is 32.7 Å². The molecule has 0 aliphatic carbocycles. The van der Waals surface area contributed by atoms with Gasteiger partial charge in [0, 0.05) is 18.2 Å². The first kappa shape index (κ1) is 16.0. The predicted molar refractivity (Wildman–Crippen MR) is 95.7 cm³/mol. The average molecular weight is 310 g/mol. The van der Waals surface area contributed by atoms with Gasteiger partial charge >= 0.3 is 0 Å². The van der Waals surface area contributed by atoms with Crippen LogP contribution in [-0.4, -0.2) is 36.5 Å². The number of rotatable bonds is 4. The lowest BCUT2D eigenvalue weighted by Gasteiger charge is -2.34. The summed E-state index contributed by atoms with van der Waals surface area (Å²) in [7, 11) is 0. The molecular weight excluding hydrogens is 284 g/mol. The maximum Gasteiger partial charge on any atom is 0.251 e. The third kappa shape index (κ3) is 3.73. The Labute approximate surface area is 138 Å². The summed E-state index contributed by atoms with van der Waals surface area (Å²) in [4.78, 5) is 15.1. The zero-order chi connectivity index (χ0) is 16.2. The molecule has 2 aromatic carbocycles. The molecule has 1 aliphatic heterocycles. The lowest BCUT2D eigenvalue weighted by atomic mass is 9.95. The number of likely N-dealkylation sites (tertiary alicyclic amines) is 1. The third-order valence-corrected chi connectivity index (χ3v) is 4.96. The highest BCUT2D eigenvalue weighted by Gasteiger charge is 2.21. The summed E-state index contributed by atoms with van der Waals surface area (Å²) in [6.45, 7) is 7.58. The minimum Gasteiger partial charge on any atom is -0.352 e. The lowest BCUT2D eigenvalue weighted by molar-refractivity contribution is 0.0931. The molecule has 0 unspecified atom stereocenters. The fourth-order valence-corrected chi connectivity index (χ4v) is 3.43. The van der Waals surface area contributed by atoms with Crippen LogP contribution in [-0.2, 0) is 0 Å². The summed E-state index contributed by atoms with van der Waals surface area (Å²) in [5, 5.41) is 5.29. The Morgan fingerprint density at radius 1 is 1.13 bits per heavy atom. The van der Waals surface area contributed by atoms with Crippen LogP contribution in [0.3, 0.4) is 0 Å². The number of hydrogen-bond donors (Lipinski definition) is 1. The Morgan fingerprint density at radius 3 is 2.57 bits per heavy atom. The molecule has 2 aromatic rings. The maximum absolute atomic E-state index is 12.6. The molecule has 1 saturated heterocycles. The van der Waals surface area contributed by atoms with Gasteiger partial charge in [0.05, 0.1) is 0 Å². The van der Waals surface area contributed by atoms with Crippen LogP contribution in [0.2, 0.25) is 0 Å². The first-order valence-electron chi connectivity index (χ1n) is 8.65. The predicted octanol–water partition coefficient (Wildman–Crippen LogP) is 3.69. The monoisotopic (exact) mass is 310 g/mol. The molecular formula is C20H26N2O. The molecule has 1 fully saturated rings. The molecule has 0 atom stereocenters. The summed E-state index contributed by atoms with van der Waals surface area (Å²) < 4.78 is 0. The molecule has 0 saturated carbocycles. The van der Waals surface area contributed by atoms with E-state index in [1.54, 1.807) is 0 Å². The molecule has 3 heteroatoms. The van der Waals surface area contributed by atoms with Crippen LogP contribution in [0.15, 0.2) is 42.5 Å². The van der Waals surface area contributed by atoms with Crippen LogP contribution in [0.5, 0.6) is 0 Å². The van der Waals surface area contributed by atoms with Gasteiger partial charge in [0.2, 0.25) is 0 Å². The second-order valence-electron chi connectivity index (χ2n) is 6.81. The van der Waals surface area contributed by atoms with Crippen molar-refractivity contribution in [2.24, 2.45) is 5.92 Å². The molecule has 0 spiro atoms. The maximum atomic E-state index is 12.6. The number of nitrogens with zero attached hydrogens (tertiary/aromatic N) is 1. The molecule has 1 amide bonds. The van der Waals surface area contributed by atoms with Gasteiger partial charge in [-0.3, -0.25) is 4.79 Å². The molecule has 3 nitrogen and oxygen atoms in total. The zero-order valence-corrected chi connectivity index (χ0v) is 14.1. The number of amides is 1. The summed E-state index contributed by atoms with van der Waals surface area (Å²) in [6, 6.07) is 14.6. The van der Waals surface area contributed by atoms with E-state index in [9.17, 15) is 4.79 Å². The summed E-state index contributed by atoms with van der Waals surface area (Å²) in [6.07, 6.45) is 2.35. The second kappa shape index (κ2) is 7.14. The van der Waals surface area contributed by atoms with Crippen LogP contribution >= 0.6 is 0 Å². The van der Waals surface area contributed by atoms with Crippen molar-refractivity contribution >= 4 is 16.7 Å². The van der Waals surface area contributed by atoms with Crippen molar-refractivity contribution < 1.29 is 4.79 Å². The molecule has 23 heavy (non-hydrogen) atoms. The molecule has 122 valence electrons. The SMILES string of the molecule is CC(C)N1CCC(CNC(=O)c2cccc3ccccc23)CC1. The van der Waals surface area contributed by atoms with E-state index in [0.717, 1.165) is 36.0 Å². The Morgan fingerprint density at radius 2 is 1.83 bits per heavy atom. The highest BCUT2D eigenvalue weighted by Crippen LogP contribution is 2.20. The van der Waals surface area contributed by atoms with Gasteiger partial charge in [0.1, 0.15) is 0 Å². The Kier molecular flexibility index (Phi) is 4.97. The zero-order valence-electron chi connectivity index (χ0n) is 14.1.